The minimum absolute atomic E-state index is 0.245. The molecule has 1 aliphatic heterocycles. The van der Waals surface area contributed by atoms with Gasteiger partial charge >= 0.3 is 0 Å². The topological polar surface area (TPSA) is 3.24 Å². The summed E-state index contributed by atoms with van der Waals surface area (Å²) in [6.07, 6.45) is 1.25. The van der Waals surface area contributed by atoms with Gasteiger partial charge in [-0.25, -0.2) is 0 Å². The molecule has 0 N–H and O–H groups in total. The molecule has 0 spiro atoms. The van der Waals surface area contributed by atoms with Crippen LogP contribution in [0.25, 0.3) is 0 Å². The highest BCUT2D eigenvalue weighted by Gasteiger charge is 2.48. The Bertz CT molecular complexity index is 417. The van der Waals surface area contributed by atoms with Crippen LogP contribution >= 0.6 is 0 Å². The van der Waals surface area contributed by atoms with Crippen LogP contribution < -0.4 is 4.90 Å². The van der Waals surface area contributed by atoms with Crippen molar-refractivity contribution in [3.8, 4) is 0 Å². The Morgan fingerprint density at radius 1 is 1.12 bits per heavy atom. The standard InChI is InChI=1S/C16H25N/c1-12-9-7-8-10-14(12)17-13(2)15(3,4)11-16(17,5)6/h7-10,13H,11H2,1-6H3. The highest BCUT2D eigenvalue weighted by atomic mass is 15.3. The lowest BCUT2D eigenvalue weighted by atomic mass is 9.82. The number of rotatable bonds is 1. The molecule has 17 heavy (non-hydrogen) atoms. The Labute approximate surface area is 106 Å². The summed E-state index contributed by atoms with van der Waals surface area (Å²) < 4.78 is 0. The van der Waals surface area contributed by atoms with Gasteiger partial charge in [0, 0.05) is 17.3 Å². The molecule has 1 fully saturated rings. The van der Waals surface area contributed by atoms with E-state index in [4.69, 9.17) is 0 Å². The van der Waals surface area contributed by atoms with Gasteiger partial charge in [0.05, 0.1) is 0 Å². The second-order valence-corrected chi connectivity index (χ2v) is 6.81. The van der Waals surface area contributed by atoms with E-state index in [9.17, 15) is 0 Å². The predicted molar refractivity (Wildman–Crippen MR) is 75.6 cm³/mol. The molecule has 1 heteroatoms. The Hall–Kier alpha value is -0.980. The lowest BCUT2D eigenvalue weighted by Gasteiger charge is -2.38. The van der Waals surface area contributed by atoms with Crippen molar-refractivity contribution in [2.75, 3.05) is 4.90 Å². The van der Waals surface area contributed by atoms with Crippen LogP contribution in [0.5, 0.6) is 0 Å². The monoisotopic (exact) mass is 231 g/mol. The van der Waals surface area contributed by atoms with Crippen molar-refractivity contribution >= 4 is 5.69 Å². The van der Waals surface area contributed by atoms with Crippen molar-refractivity contribution in [3.63, 3.8) is 0 Å². The van der Waals surface area contributed by atoms with Crippen molar-refractivity contribution in [2.24, 2.45) is 5.41 Å². The van der Waals surface area contributed by atoms with Crippen LogP contribution in [0.4, 0.5) is 5.69 Å². The Balaban J connectivity index is 2.48. The number of hydrogen-bond acceptors (Lipinski definition) is 1. The molecule has 1 aliphatic rings. The summed E-state index contributed by atoms with van der Waals surface area (Å²) in [5.74, 6) is 0. The third kappa shape index (κ3) is 1.96. The Kier molecular flexibility index (Phi) is 2.76. The number of benzene rings is 1. The lowest BCUT2D eigenvalue weighted by Crippen LogP contribution is -2.43. The van der Waals surface area contributed by atoms with Crippen molar-refractivity contribution in [2.45, 2.75) is 59.5 Å². The fourth-order valence-corrected chi connectivity index (χ4v) is 3.59. The first kappa shape index (κ1) is 12.5. The smallest absolute Gasteiger partial charge is 0.0402 e. The van der Waals surface area contributed by atoms with E-state index in [0.29, 0.717) is 11.5 Å². The van der Waals surface area contributed by atoms with Crippen molar-refractivity contribution in [1.82, 2.24) is 0 Å². The van der Waals surface area contributed by atoms with E-state index in [0.717, 1.165) is 0 Å². The molecule has 0 aromatic heterocycles. The summed E-state index contributed by atoms with van der Waals surface area (Å²) >= 11 is 0. The summed E-state index contributed by atoms with van der Waals surface area (Å²) in [6.45, 7) is 14.1. The average molecular weight is 231 g/mol. The van der Waals surface area contributed by atoms with Gasteiger partial charge < -0.3 is 4.90 Å². The van der Waals surface area contributed by atoms with E-state index >= 15 is 0 Å². The second-order valence-electron chi connectivity index (χ2n) is 6.81. The molecule has 1 atom stereocenters. The van der Waals surface area contributed by atoms with Crippen LogP contribution in [0.1, 0.15) is 46.6 Å². The van der Waals surface area contributed by atoms with Gasteiger partial charge in [0.15, 0.2) is 0 Å². The molecule has 94 valence electrons. The quantitative estimate of drug-likeness (QED) is 0.692. The van der Waals surface area contributed by atoms with Crippen LogP contribution in [0.3, 0.4) is 0 Å². The number of anilines is 1. The van der Waals surface area contributed by atoms with Crippen LogP contribution in [0, 0.1) is 12.3 Å². The van der Waals surface area contributed by atoms with Gasteiger partial charge in [0.1, 0.15) is 0 Å². The highest BCUT2D eigenvalue weighted by molar-refractivity contribution is 5.57. The molecule has 2 rings (SSSR count). The van der Waals surface area contributed by atoms with Gasteiger partial charge in [-0.2, -0.15) is 0 Å². The van der Waals surface area contributed by atoms with Crippen molar-refractivity contribution in [3.05, 3.63) is 29.8 Å². The van der Waals surface area contributed by atoms with Gasteiger partial charge in [-0.05, 0) is 51.2 Å². The van der Waals surface area contributed by atoms with Gasteiger partial charge in [-0.3, -0.25) is 0 Å². The zero-order valence-corrected chi connectivity index (χ0v) is 12.0. The average Bonchev–Trinajstić information content (AvgIpc) is 2.34. The zero-order chi connectivity index (χ0) is 12.8. The first-order valence-corrected chi connectivity index (χ1v) is 6.61. The van der Waals surface area contributed by atoms with Gasteiger partial charge in [-0.15, -0.1) is 0 Å². The second kappa shape index (κ2) is 3.76. The highest BCUT2D eigenvalue weighted by Crippen LogP contribution is 2.48. The number of hydrogen-bond donors (Lipinski definition) is 0. The molecule has 0 bridgehead atoms. The normalized spacial score (nSPS) is 26.2. The van der Waals surface area contributed by atoms with Crippen LogP contribution in [0.15, 0.2) is 24.3 Å². The number of nitrogens with zero attached hydrogens (tertiary/aromatic N) is 1. The molecule has 0 radical (unpaired) electrons. The summed E-state index contributed by atoms with van der Waals surface area (Å²) in [5.41, 5.74) is 3.40. The van der Waals surface area contributed by atoms with E-state index in [2.05, 4.69) is 70.7 Å². The zero-order valence-electron chi connectivity index (χ0n) is 12.0. The molecular weight excluding hydrogens is 206 g/mol. The minimum Gasteiger partial charge on any atom is -0.363 e. The van der Waals surface area contributed by atoms with Crippen LogP contribution in [-0.4, -0.2) is 11.6 Å². The Morgan fingerprint density at radius 2 is 1.71 bits per heavy atom. The van der Waals surface area contributed by atoms with E-state index in [1.54, 1.807) is 0 Å². The molecule has 0 amide bonds. The van der Waals surface area contributed by atoms with E-state index in [1.807, 2.05) is 0 Å². The molecule has 1 aromatic carbocycles. The molecule has 1 heterocycles. The number of aryl methyl sites for hydroxylation is 1. The van der Waals surface area contributed by atoms with E-state index in [-0.39, 0.29) is 5.54 Å². The largest absolute Gasteiger partial charge is 0.363 e. The molecular formula is C16H25N. The van der Waals surface area contributed by atoms with E-state index in [1.165, 1.54) is 17.7 Å². The SMILES string of the molecule is Cc1ccccc1N1C(C)C(C)(C)CC1(C)C. The predicted octanol–water partition coefficient (Wildman–Crippen LogP) is 4.40. The van der Waals surface area contributed by atoms with Crippen molar-refractivity contribution < 1.29 is 0 Å². The number of para-hydroxylation sites is 1. The summed E-state index contributed by atoms with van der Waals surface area (Å²) in [5, 5.41) is 0. The fraction of sp³-hybridized carbons (Fsp3) is 0.625. The maximum absolute atomic E-state index is 2.61. The molecule has 0 saturated carbocycles. The van der Waals surface area contributed by atoms with Crippen molar-refractivity contribution in [1.29, 1.82) is 0 Å². The molecule has 1 unspecified atom stereocenters. The summed E-state index contributed by atoms with van der Waals surface area (Å²) in [4.78, 5) is 2.61. The molecule has 1 aromatic rings. The molecule has 1 nitrogen and oxygen atoms in total. The van der Waals surface area contributed by atoms with Crippen LogP contribution in [0.2, 0.25) is 0 Å². The molecule has 0 aliphatic carbocycles. The molecule has 1 saturated heterocycles. The van der Waals surface area contributed by atoms with Gasteiger partial charge in [0.2, 0.25) is 0 Å². The first-order valence-electron chi connectivity index (χ1n) is 6.61. The maximum atomic E-state index is 2.61. The maximum Gasteiger partial charge on any atom is 0.0402 e. The van der Waals surface area contributed by atoms with Gasteiger partial charge in [0.25, 0.3) is 0 Å². The first-order chi connectivity index (χ1) is 7.76. The van der Waals surface area contributed by atoms with Gasteiger partial charge in [-0.1, -0.05) is 32.0 Å². The Morgan fingerprint density at radius 3 is 2.18 bits per heavy atom. The third-order valence-electron chi connectivity index (χ3n) is 4.43. The lowest BCUT2D eigenvalue weighted by molar-refractivity contribution is 0.329. The third-order valence-corrected chi connectivity index (χ3v) is 4.43. The van der Waals surface area contributed by atoms with E-state index < -0.39 is 0 Å². The van der Waals surface area contributed by atoms with Crippen LogP contribution in [-0.2, 0) is 0 Å². The summed E-state index contributed by atoms with van der Waals surface area (Å²) in [7, 11) is 0. The fourth-order valence-electron chi connectivity index (χ4n) is 3.59. The summed E-state index contributed by atoms with van der Waals surface area (Å²) in [6, 6.07) is 9.32. The minimum atomic E-state index is 0.245.